The average molecular weight is 188 g/mol. The summed E-state index contributed by atoms with van der Waals surface area (Å²) in [7, 11) is 1.91. The Hall–Kier alpha value is -1.68. The van der Waals surface area contributed by atoms with Gasteiger partial charge in [0.05, 0.1) is 6.54 Å². The number of hydrogen-bond donors (Lipinski definition) is 1. The molecule has 0 saturated heterocycles. The molecule has 0 fully saturated rings. The van der Waals surface area contributed by atoms with Gasteiger partial charge in [0, 0.05) is 30.5 Å². The van der Waals surface area contributed by atoms with Gasteiger partial charge >= 0.3 is 0 Å². The van der Waals surface area contributed by atoms with Crippen molar-refractivity contribution in [2.24, 2.45) is 0 Å². The number of pyridine rings is 1. The van der Waals surface area contributed by atoms with Crippen LogP contribution >= 0.6 is 0 Å². The summed E-state index contributed by atoms with van der Waals surface area (Å²) in [6.45, 7) is 0.759. The van der Waals surface area contributed by atoms with Crippen molar-refractivity contribution in [2.45, 2.75) is 6.54 Å². The van der Waals surface area contributed by atoms with Gasteiger partial charge < -0.3 is 9.88 Å². The van der Waals surface area contributed by atoms with Crippen molar-refractivity contribution >= 4 is 0 Å². The molecule has 2 rings (SSSR count). The first-order valence-corrected chi connectivity index (χ1v) is 4.49. The molecule has 4 heteroatoms. The maximum absolute atomic E-state index is 4.26. The molecule has 0 aromatic carbocycles. The van der Waals surface area contributed by atoms with Gasteiger partial charge in [0.2, 0.25) is 0 Å². The Morgan fingerprint density at radius 2 is 2.07 bits per heavy atom. The summed E-state index contributed by atoms with van der Waals surface area (Å²) in [5, 5.41) is 3.08. The summed E-state index contributed by atoms with van der Waals surface area (Å²) >= 11 is 0. The number of aromatic nitrogens is 3. The molecule has 2 aromatic heterocycles. The first kappa shape index (κ1) is 8.90. The fourth-order valence-corrected chi connectivity index (χ4v) is 1.36. The van der Waals surface area contributed by atoms with Crippen molar-refractivity contribution < 1.29 is 0 Å². The molecule has 0 aliphatic heterocycles. The molecule has 2 aromatic rings. The summed E-state index contributed by atoms with van der Waals surface area (Å²) in [6, 6.07) is 3.92. The topological polar surface area (TPSA) is 42.7 Å². The molecule has 2 heterocycles. The maximum Gasteiger partial charge on any atom is 0.127 e. The van der Waals surface area contributed by atoms with E-state index in [0.29, 0.717) is 0 Å². The van der Waals surface area contributed by atoms with Crippen LogP contribution in [0.1, 0.15) is 5.82 Å². The van der Waals surface area contributed by atoms with Crippen LogP contribution in [0.15, 0.2) is 36.9 Å². The number of hydrogen-bond acceptors (Lipinski definition) is 3. The van der Waals surface area contributed by atoms with Gasteiger partial charge in [0.15, 0.2) is 0 Å². The Bertz CT molecular complexity index is 394. The van der Waals surface area contributed by atoms with Crippen LogP contribution in [0.2, 0.25) is 0 Å². The molecule has 0 amide bonds. The van der Waals surface area contributed by atoms with Gasteiger partial charge in [-0.1, -0.05) is 0 Å². The van der Waals surface area contributed by atoms with Crippen molar-refractivity contribution in [2.75, 3.05) is 7.05 Å². The summed E-state index contributed by atoms with van der Waals surface area (Å²) in [6.07, 6.45) is 7.30. The minimum Gasteiger partial charge on any atom is -0.313 e. The standard InChI is InChI=1S/C10H12N4/c1-11-8-10-13-6-7-14(10)9-2-4-12-5-3-9/h2-7,11H,8H2,1H3. The minimum atomic E-state index is 0.759. The average Bonchev–Trinajstić information content (AvgIpc) is 2.68. The van der Waals surface area contributed by atoms with E-state index >= 15 is 0 Å². The lowest BCUT2D eigenvalue weighted by Crippen LogP contribution is -2.10. The van der Waals surface area contributed by atoms with E-state index in [2.05, 4.69) is 15.3 Å². The van der Waals surface area contributed by atoms with E-state index < -0.39 is 0 Å². The van der Waals surface area contributed by atoms with Crippen LogP contribution in [0.25, 0.3) is 5.69 Å². The lowest BCUT2D eigenvalue weighted by Gasteiger charge is -2.06. The Morgan fingerprint density at radius 3 is 2.79 bits per heavy atom. The summed E-state index contributed by atoms with van der Waals surface area (Å²) in [5.74, 6) is 0.999. The second-order valence-electron chi connectivity index (χ2n) is 2.95. The normalized spacial score (nSPS) is 10.4. The predicted octanol–water partition coefficient (Wildman–Crippen LogP) is 0.987. The third-order valence-electron chi connectivity index (χ3n) is 1.99. The molecule has 0 aliphatic rings. The molecule has 0 bridgehead atoms. The van der Waals surface area contributed by atoms with Crippen LogP contribution in [-0.4, -0.2) is 21.6 Å². The Labute approximate surface area is 82.6 Å². The number of imidazole rings is 1. The largest absolute Gasteiger partial charge is 0.313 e. The molecule has 0 aliphatic carbocycles. The lowest BCUT2D eigenvalue weighted by molar-refractivity contribution is 0.741. The fourth-order valence-electron chi connectivity index (χ4n) is 1.36. The molecule has 0 atom stereocenters. The Morgan fingerprint density at radius 1 is 1.29 bits per heavy atom. The second kappa shape index (κ2) is 4.02. The van der Waals surface area contributed by atoms with E-state index in [9.17, 15) is 0 Å². The van der Waals surface area contributed by atoms with Crippen LogP contribution in [0, 0.1) is 0 Å². The highest BCUT2D eigenvalue weighted by molar-refractivity contribution is 5.30. The molecular weight excluding hydrogens is 176 g/mol. The molecule has 0 spiro atoms. The molecule has 4 nitrogen and oxygen atoms in total. The van der Waals surface area contributed by atoms with Crippen LogP contribution in [0.5, 0.6) is 0 Å². The van der Waals surface area contributed by atoms with Crippen molar-refractivity contribution in [3.63, 3.8) is 0 Å². The molecule has 1 N–H and O–H groups in total. The highest BCUT2D eigenvalue weighted by Crippen LogP contribution is 2.08. The Balaban J connectivity index is 2.37. The van der Waals surface area contributed by atoms with Gasteiger partial charge in [-0.2, -0.15) is 0 Å². The molecular formula is C10H12N4. The van der Waals surface area contributed by atoms with Gasteiger partial charge in [-0.3, -0.25) is 4.98 Å². The van der Waals surface area contributed by atoms with E-state index in [1.54, 1.807) is 18.6 Å². The number of nitrogens with one attached hydrogen (secondary N) is 1. The quantitative estimate of drug-likeness (QED) is 0.781. The van der Waals surface area contributed by atoms with Crippen molar-refractivity contribution in [3.8, 4) is 5.69 Å². The highest BCUT2D eigenvalue weighted by Gasteiger charge is 2.02. The monoisotopic (exact) mass is 188 g/mol. The fraction of sp³-hybridized carbons (Fsp3) is 0.200. The first-order chi connectivity index (χ1) is 6.92. The van der Waals surface area contributed by atoms with Gasteiger partial charge in [-0.05, 0) is 19.2 Å². The zero-order valence-electron chi connectivity index (χ0n) is 8.01. The van der Waals surface area contributed by atoms with Crippen molar-refractivity contribution in [3.05, 3.63) is 42.7 Å². The highest BCUT2D eigenvalue weighted by atomic mass is 15.1. The molecule has 14 heavy (non-hydrogen) atoms. The summed E-state index contributed by atoms with van der Waals surface area (Å²) < 4.78 is 2.04. The summed E-state index contributed by atoms with van der Waals surface area (Å²) in [5.41, 5.74) is 1.09. The van der Waals surface area contributed by atoms with E-state index in [1.807, 2.05) is 29.9 Å². The van der Waals surface area contributed by atoms with Crippen LogP contribution in [0.4, 0.5) is 0 Å². The summed E-state index contributed by atoms with van der Waals surface area (Å²) in [4.78, 5) is 8.24. The smallest absolute Gasteiger partial charge is 0.127 e. The van der Waals surface area contributed by atoms with Gasteiger partial charge in [-0.15, -0.1) is 0 Å². The zero-order valence-corrected chi connectivity index (χ0v) is 8.01. The van der Waals surface area contributed by atoms with Gasteiger partial charge in [-0.25, -0.2) is 4.98 Å². The second-order valence-corrected chi connectivity index (χ2v) is 2.95. The van der Waals surface area contributed by atoms with E-state index in [4.69, 9.17) is 0 Å². The van der Waals surface area contributed by atoms with Crippen LogP contribution < -0.4 is 5.32 Å². The maximum atomic E-state index is 4.26. The molecule has 72 valence electrons. The third-order valence-corrected chi connectivity index (χ3v) is 1.99. The van der Waals surface area contributed by atoms with E-state index in [1.165, 1.54) is 0 Å². The molecule has 0 unspecified atom stereocenters. The first-order valence-electron chi connectivity index (χ1n) is 4.49. The van der Waals surface area contributed by atoms with E-state index in [-0.39, 0.29) is 0 Å². The molecule has 0 saturated carbocycles. The molecule has 0 radical (unpaired) electrons. The number of nitrogens with zero attached hydrogens (tertiary/aromatic N) is 3. The predicted molar refractivity (Wildman–Crippen MR) is 54.1 cm³/mol. The van der Waals surface area contributed by atoms with Gasteiger partial charge in [0.1, 0.15) is 5.82 Å². The number of rotatable bonds is 3. The van der Waals surface area contributed by atoms with Crippen LogP contribution in [-0.2, 0) is 6.54 Å². The van der Waals surface area contributed by atoms with Crippen molar-refractivity contribution in [1.29, 1.82) is 0 Å². The zero-order chi connectivity index (χ0) is 9.80. The van der Waals surface area contributed by atoms with Crippen LogP contribution in [0.3, 0.4) is 0 Å². The van der Waals surface area contributed by atoms with Gasteiger partial charge in [0.25, 0.3) is 0 Å². The van der Waals surface area contributed by atoms with E-state index in [0.717, 1.165) is 18.1 Å². The SMILES string of the molecule is CNCc1nccn1-c1ccncc1. The third kappa shape index (κ3) is 1.65. The minimum absolute atomic E-state index is 0.759. The lowest BCUT2D eigenvalue weighted by atomic mass is 10.4. The Kier molecular flexibility index (Phi) is 2.55. The van der Waals surface area contributed by atoms with Crippen molar-refractivity contribution in [1.82, 2.24) is 19.9 Å².